The topological polar surface area (TPSA) is 92.8 Å². The summed E-state index contributed by atoms with van der Waals surface area (Å²) >= 11 is 1.53. The fourth-order valence-corrected chi connectivity index (χ4v) is 3.32. The molecule has 2 aromatic rings. The second-order valence-electron chi connectivity index (χ2n) is 4.91. The lowest BCUT2D eigenvalue weighted by molar-refractivity contribution is -0.114. The summed E-state index contributed by atoms with van der Waals surface area (Å²) in [5, 5.41) is 12.5. The van der Waals surface area contributed by atoms with Crippen molar-refractivity contribution in [3.63, 3.8) is 0 Å². The average molecular weight is 347 g/mol. The van der Waals surface area contributed by atoms with Gasteiger partial charge in [0, 0.05) is 4.88 Å². The molecule has 8 heteroatoms. The minimum Gasteiger partial charge on any atom is -0.267 e. The Bertz CT molecular complexity index is 911. The fraction of sp³-hybridized carbons (Fsp3) is 0.0667. The molecule has 2 heterocycles. The van der Waals surface area contributed by atoms with Crippen LogP contribution >= 0.6 is 11.3 Å². The molecule has 0 spiro atoms. The van der Waals surface area contributed by atoms with Gasteiger partial charge in [0.1, 0.15) is 0 Å². The van der Waals surface area contributed by atoms with Gasteiger partial charge in [0.15, 0.2) is 0 Å². The van der Waals surface area contributed by atoms with Crippen LogP contribution in [0, 0.1) is 0 Å². The van der Waals surface area contributed by atoms with Crippen molar-refractivity contribution in [1.82, 2.24) is 0 Å². The molecule has 0 bridgehead atoms. The lowest BCUT2D eigenvalue weighted by atomic mass is 10.1. The maximum atomic E-state index is 12.5. The first-order valence-electron chi connectivity index (χ1n) is 6.64. The molecule has 1 amide bonds. The molecular weight excluding hydrogens is 334 g/mol. The predicted molar refractivity (Wildman–Crippen MR) is 90.7 cm³/mol. The third kappa shape index (κ3) is 3.09. The van der Waals surface area contributed by atoms with Crippen molar-refractivity contribution < 1.29 is 13.2 Å². The largest absolute Gasteiger partial charge is 0.280 e. The molecule has 118 valence electrons. The highest BCUT2D eigenvalue weighted by atomic mass is 32.2. The monoisotopic (exact) mass is 347 g/mol. The number of nitrogens with two attached hydrogens (primary N) is 1. The van der Waals surface area contributed by atoms with Crippen LogP contribution in [0.1, 0.15) is 11.8 Å². The van der Waals surface area contributed by atoms with Crippen LogP contribution in [0.3, 0.4) is 0 Å². The van der Waals surface area contributed by atoms with Crippen molar-refractivity contribution in [1.29, 1.82) is 0 Å². The van der Waals surface area contributed by atoms with Gasteiger partial charge in [-0.1, -0.05) is 6.07 Å². The first-order valence-corrected chi connectivity index (χ1v) is 9.07. The van der Waals surface area contributed by atoms with Crippen LogP contribution in [0.2, 0.25) is 0 Å². The van der Waals surface area contributed by atoms with Crippen LogP contribution < -0.4 is 10.1 Å². The Morgan fingerprint density at radius 1 is 1.22 bits per heavy atom. The second kappa shape index (κ2) is 5.73. The van der Waals surface area contributed by atoms with Gasteiger partial charge >= 0.3 is 0 Å². The first-order chi connectivity index (χ1) is 10.9. The number of primary sulfonamides is 1. The zero-order valence-electron chi connectivity index (χ0n) is 12.1. The van der Waals surface area contributed by atoms with Gasteiger partial charge in [-0.05, 0) is 48.7 Å². The van der Waals surface area contributed by atoms with Gasteiger partial charge in [-0.15, -0.1) is 11.3 Å². The zero-order chi connectivity index (χ0) is 16.6. The molecule has 1 aliphatic rings. The molecule has 1 aromatic carbocycles. The zero-order valence-corrected chi connectivity index (χ0v) is 13.8. The Hall–Kier alpha value is -2.29. The van der Waals surface area contributed by atoms with Crippen molar-refractivity contribution in [2.75, 3.05) is 5.01 Å². The van der Waals surface area contributed by atoms with Crippen LogP contribution in [0.25, 0.3) is 6.08 Å². The SMILES string of the molecule is CC1=NN(c2ccc(S(N)(=O)=O)cc2)C(=O)/C1=C\c1cccs1. The standard InChI is InChI=1S/C15H13N3O3S2/c1-10-14(9-12-3-2-8-22-12)15(19)18(17-10)11-4-6-13(7-5-11)23(16,20)21/h2-9H,1H3,(H2,16,20,21)/b14-9-. The normalized spacial score (nSPS) is 17.0. The van der Waals surface area contributed by atoms with E-state index < -0.39 is 10.0 Å². The maximum absolute atomic E-state index is 12.5. The smallest absolute Gasteiger partial charge is 0.267 e. The molecule has 3 rings (SSSR count). The Labute approximate surface area is 137 Å². The van der Waals surface area contributed by atoms with E-state index in [1.54, 1.807) is 13.0 Å². The quantitative estimate of drug-likeness (QED) is 0.863. The summed E-state index contributed by atoms with van der Waals surface area (Å²) in [5.41, 5.74) is 1.61. The van der Waals surface area contributed by atoms with Gasteiger partial charge in [-0.25, -0.2) is 13.6 Å². The minimum atomic E-state index is -3.76. The third-order valence-corrected chi connectivity index (χ3v) is 5.05. The summed E-state index contributed by atoms with van der Waals surface area (Å²) in [7, 11) is -3.76. The minimum absolute atomic E-state index is 0.0112. The third-order valence-electron chi connectivity index (χ3n) is 3.30. The molecule has 0 saturated heterocycles. The molecule has 1 aromatic heterocycles. The number of hydrogen-bond donors (Lipinski definition) is 1. The van der Waals surface area contributed by atoms with E-state index in [2.05, 4.69) is 5.10 Å². The predicted octanol–water partition coefficient (Wildman–Crippen LogP) is 2.20. The van der Waals surface area contributed by atoms with E-state index in [4.69, 9.17) is 5.14 Å². The van der Waals surface area contributed by atoms with Crippen molar-refractivity contribution >= 4 is 44.7 Å². The van der Waals surface area contributed by atoms with E-state index in [1.807, 2.05) is 17.5 Å². The number of carbonyl (C=O) groups is 1. The van der Waals surface area contributed by atoms with Gasteiger partial charge < -0.3 is 0 Å². The van der Waals surface area contributed by atoms with Crippen molar-refractivity contribution in [3.8, 4) is 0 Å². The maximum Gasteiger partial charge on any atom is 0.280 e. The summed E-state index contributed by atoms with van der Waals surface area (Å²) in [6, 6.07) is 9.53. The summed E-state index contributed by atoms with van der Waals surface area (Å²) in [4.78, 5) is 13.5. The Morgan fingerprint density at radius 3 is 2.48 bits per heavy atom. The average Bonchev–Trinajstić information content (AvgIpc) is 3.10. The fourth-order valence-electron chi connectivity index (χ4n) is 2.15. The number of hydrogen-bond acceptors (Lipinski definition) is 5. The molecule has 0 aliphatic carbocycles. The lowest BCUT2D eigenvalue weighted by Crippen LogP contribution is -2.21. The summed E-state index contributed by atoms with van der Waals surface area (Å²) < 4.78 is 22.5. The number of carbonyl (C=O) groups excluding carboxylic acids is 1. The molecular formula is C15H13N3O3S2. The molecule has 2 N–H and O–H groups in total. The van der Waals surface area contributed by atoms with E-state index in [9.17, 15) is 13.2 Å². The van der Waals surface area contributed by atoms with E-state index in [0.29, 0.717) is 17.0 Å². The molecule has 0 radical (unpaired) electrons. The highest BCUT2D eigenvalue weighted by molar-refractivity contribution is 7.89. The highest BCUT2D eigenvalue weighted by Gasteiger charge is 2.28. The molecule has 6 nitrogen and oxygen atoms in total. The van der Waals surface area contributed by atoms with Crippen molar-refractivity contribution in [2.24, 2.45) is 10.2 Å². The van der Waals surface area contributed by atoms with Gasteiger partial charge in [0.05, 0.1) is 21.9 Å². The van der Waals surface area contributed by atoms with E-state index >= 15 is 0 Å². The Morgan fingerprint density at radius 2 is 1.91 bits per heavy atom. The van der Waals surface area contributed by atoms with Crippen molar-refractivity contribution in [3.05, 3.63) is 52.2 Å². The molecule has 23 heavy (non-hydrogen) atoms. The summed E-state index contributed by atoms with van der Waals surface area (Å²) in [6.45, 7) is 1.76. The van der Waals surface area contributed by atoms with Gasteiger partial charge in [0.25, 0.3) is 5.91 Å². The first kappa shape index (κ1) is 15.6. The lowest BCUT2D eigenvalue weighted by Gasteiger charge is -2.12. The number of hydrazone groups is 1. The van der Waals surface area contributed by atoms with E-state index in [0.717, 1.165) is 4.88 Å². The number of amides is 1. The second-order valence-corrected chi connectivity index (χ2v) is 7.46. The number of rotatable bonds is 3. The number of anilines is 1. The van der Waals surface area contributed by atoms with Crippen LogP contribution in [-0.4, -0.2) is 20.0 Å². The number of nitrogens with zero attached hydrogens (tertiary/aromatic N) is 2. The summed E-state index contributed by atoms with van der Waals surface area (Å²) in [5.74, 6) is -0.251. The van der Waals surface area contributed by atoms with Crippen LogP contribution in [0.15, 0.2) is 57.3 Å². The van der Waals surface area contributed by atoms with E-state index in [1.165, 1.54) is 40.6 Å². The highest BCUT2D eigenvalue weighted by Crippen LogP contribution is 2.26. The van der Waals surface area contributed by atoms with Crippen LogP contribution in [0.5, 0.6) is 0 Å². The van der Waals surface area contributed by atoms with Gasteiger partial charge in [-0.3, -0.25) is 4.79 Å². The number of benzene rings is 1. The molecule has 0 fully saturated rings. The molecule has 0 unspecified atom stereocenters. The van der Waals surface area contributed by atoms with Crippen molar-refractivity contribution in [2.45, 2.75) is 11.8 Å². The van der Waals surface area contributed by atoms with Crippen LogP contribution in [0.4, 0.5) is 5.69 Å². The van der Waals surface area contributed by atoms with E-state index in [-0.39, 0.29) is 10.8 Å². The number of thiophene rings is 1. The Kier molecular flexibility index (Phi) is 3.88. The molecule has 0 atom stereocenters. The van der Waals surface area contributed by atoms with Crippen LogP contribution in [-0.2, 0) is 14.8 Å². The summed E-state index contributed by atoms with van der Waals surface area (Å²) in [6.07, 6.45) is 1.80. The Balaban J connectivity index is 1.92. The molecule has 0 saturated carbocycles. The van der Waals surface area contributed by atoms with Gasteiger partial charge in [-0.2, -0.15) is 10.1 Å². The van der Waals surface area contributed by atoms with Gasteiger partial charge in [0.2, 0.25) is 10.0 Å². The number of sulfonamides is 1. The molecule has 1 aliphatic heterocycles.